The minimum absolute atomic E-state index is 0.200. The second-order valence-corrected chi connectivity index (χ2v) is 5.36. The van der Waals surface area contributed by atoms with E-state index in [9.17, 15) is 5.11 Å². The van der Waals surface area contributed by atoms with Gasteiger partial charge in [-0.1, -0.05) is 12.1 Å². The zero-order chi connectivity index (χ0) is 16.1. The summed E-state index contributed by atoms with van der Waals surface area (Å²) in [6, 6.07) is 16.7. The molecule has 5 heteroatoms. The number of nitriles is 1. The normalized spacial score (nSPS) is 14.3. The number of ether oxygens (including phenoxy) is 2. The van der Waals surface area contributed by atoms with E-state index in [1.54, 1.807) is 24.3 Å². The highest BCUT2D eigenvalue weighted by Gasteiger charge is 2.20. The molecule has 1 unspecified atom stereocenters. The molecule has 1 atom stereocenters. The van der Waals surface area contributed by atoms with Crippen molar-refractivity contribution >= 4 is 5.69 Å². The Morgan fingerprint density at radius 1 is 1.22 bits per heavy atom. The Bertz CT molecular complexity index is 694. The van der Waals surface area contributed by atoms with Gasteiger partial charge in [0.05, 0.1) is 23.9 Å². The van der Waals surface area contributed by atoms with Crippen molar-refractivity contribution in [3.63, 3.8) is 0 Å². The predicted octanol–water partition coefficient (Wildman–Crippen LogP) is 2.20. The van der Waals surface area contributed by atoms with Crippen LogP contribution in [0.3, 0.4) is 0 Å². The average Bonchev–Trinajstić information content (AvgIpc) is 2.61. The molecule has 0 aliphatic carbocycles. The summed E-state index contributed by atoms with van der Waals surface area (Å²) in [6.07, 6.45) is -0.614. The molecular weight excluding hydrogens is 292 g/mol. The Morgan fingerprint density at radius 2 is 2.00 bits per heavy atom. The number of nitrogens with zero attached hydrogens (tertiary/aromatic N) is 2. The Morgan fingerprint density at radius 3 is 2.78 bits per heavy atom. The molecule has 0 saturated carbocycles. The minimum Gasteiger partial charge on any atom is -0.491 e. The number of benzene rings is 2. The number of para-hydroxylation sites is 2. The van der Waals surface area contributed by atoms with Gasteiger partial charge < -0.3 is 19.5 Å². The molecule has 1 heterocycles. The fourth-order valence-electron chi connectivity index (χ4n) is 2.54. The second-order valence-electron chi connectivity index (χ2n) is 5.36. The van der Waals surface area contributed by atoms with Gasteiger partial charge >= 0.3 is 0 Å². The van der Waals surface area contributed by atoms with Gasteiger partial charge in [0.15, 0.2) is 0 Å². The molecule has 5 nitrogen and oxygen atoms in total. The summed E-state index contributed by atoms with van der Waals surface area (Å²) in [7, 11) is 0. The Hall–Kier alpha value is -2.71. The van der Waals surface area contributed by atoms with Crippen molar-refractivity contribution in [1.29, 1.82) is 5.26 Å². The first kappa shape index (κ1) is 15.2. The first-order chi connectivity index (χ1) is 11.3. The Labute approximate surface area is 135 Å². The SMILES string of the molecule is N#Cc1ccc(OCC(O)CN2CCOc3ccccc32)cc1. The van der Waals surface area contributed by atoms with E-state index in [1.807, 2.05) is 24.3 Å². The van der Waals surface area contributed by atoms with Gasteiger partial charge in [-0.15, -0.1) is 0 Å². The van der Waals surface area contributed by atoms with Gasteiger partial charge in [-0.2, -0.15) is 5.26 Å². The van der Waals surface area contributed by atoms with Crippen LogP contribution in [0.1, 0.15) is 5.56 Å². The van der Waals surface area contributed by atoms with Gasteiger partial charge in [-0.25, -0.2) is 0 Å². The van der Waals surface area contributed by atoms with Crippen LogP contribution in [-0.2, 0) is 0 Å². The lowest BCUT2D eigenvalue weighted by molar-refractivity contribution is 0.110. The van der Waals surface area contributed by atoms with E-state index in [4.69, 9.17) is 14.7 Å². The van der Waals surface area contributed by atoms with Crippen LogP contribution in [0.5, 0.6) is 11.5 Å². The third-order valence-electron chi connectivity index (χ3n) is 3.68. The molecule has 23 heavy (non-hydrogen) atoms. The monoisotopic (exact) mass is 310 g/mol. The number of aliphatic hydroxyl groups is 1. The van der Waals surface area contributed by atoms with Gasteiger partial charge in [0.25, 0.3) is 0 Å². The molecular formula is C18H18N2O3. The molecule has 0 fully saturated rings. The Balaban J connectivity index is 1.55. The number of β-amino-alcohol motifs (C(OH)–C–C–N with tert-alkyl or cyclic N) is 1. The maximum Gasteiger partial charge on any atom is 0.142 e. The van der Waals surface area contributed by atoms with Crippen molar-refractivity contribution < 1.29 is 14.6 Å². The Kier molecular flexibility index (Phi) is 4.65. The van der Waals surface area contributed by atoms with Crippen LogP contribution < -0.4 is 14.4 Å². The van der Waals surface area contributed by atoms with Gasteiger partial charge in [0, 0.05) is 6.54 Å². The number of fused-ring (bicyclic) bond motifs is 1. The van der Waals surface area contributed by atoms with Crippen molar-refractivity contribution in [2.75, 3.05) is 31.2 Å². The number of rotatable bonds is 5. The quantitative estimate of drug-likeness (QED) is 0.917. The van der Waals surface area contributed by atoms with Gasteiger partial charge in [-0.05, 0) is 36.4 Å². The lowest BCUT2D eigenvalue weighted by Gasteiger charge is -2.32. The smallest absolute Gasteiger partial charge is 0.142 e. The number of hydrogen-bond donors (Lipinski definition) is 1. The third kappa shape index (κ3) is 3.74. The zero-order valence-corrected chi connectivity index (χ0v) is 12.7. The number of aliphatic hydroxyl groups excluding tert-OH is 1. The molecule has 3 rings (SSSR count). The molecule has 0 aromatic heterocycles. The van der Waals surface area contributed by atoms with Crippen LogP contribution in [0.15, 0.2) is 48.5 Å². The van der Waals surface area contributed by atoms with Crippen molar-refractivity contribution in [1.82, 2.24) is 0 Å². The number of hydrogen-bond acceptors (Lipinski definition) is 5. The summed E-state index contributed by atoms with van der Waals surface area (Å²) >= 11 is 0. The molecule has 0 spiro atoms. The molecule has 0 bridgehead atoms. The summed E-state index contributed by atoms with van der Waals surface area (Å²) in [5.74, 6) is 1.49. The summed E-state index contributed by atoms with van der Waals surface area (Å²) in [5, 5.41) is 19.0. The van der Waals surface area contributed by atoms with E-state index in [0.717, 1.165) is 18.0 Å². The van der Waals surface area contributed by atoms with E-state index in [2.05, 4.69) is 11.0 Å². The van der Waals surface area contributed by atoms with Crippen molar-refractivity contribution in [2.45, 2.75) is 6.10 Å². The summed E-state index contributed by atoms with van der Waals surface area (Å²) < 4.78 is 11.2. The van der Waals surface area contributed by atoms with Gasteiger partial charge in [0.2, 0.25) is 0 Å². The first-order valence-electron chi connectivity index (χ1n) is 7.54. The highest BCUT2D eigenvalue weighted by molar-refractivity contribution is 5.59. The second kappa shape index (κ2) is 7.03. The molecule has 0 radical (unpaired) electrons. The van der Waals surface area contributed by atoms with Crippen molar-refractivity contribution in [3.05, 3.63) is 54.1 Å². The summed E-state index contributed by atoms with van der Waals surface area (Å²) in [5.41, 5.74) is 1.58. The molecule has 1 aliphatic heterocycles. The summed E-state index contributed by atoms with van der Waals surface area (Å²) in [6.45, 7) is 2.03. The zero-order valence-electron chi connectivity index (χ0n) is 12.7. The molecule has 2 aromatic rings. The maximum absolute atomic E-state index is 10.2. The lowest BCUT2D eigenvalue weighted by Crippen LogP contribution is -2.40. The number of anilines is 1. The van der Waals surface area contributed by atoms with E-state index in [1.165, 1.54) is 0 Å². The van der Waals surface area contributed by atoms with Crippen LogP contribution in [0.25, 0.3) is 0 Å². The highest BCUT2D eigenvalue weighted by Crippen LogP contribution is 2.30. The highest BCUT2D eigenvalue weighted by atomic mass is 16.5. The summed E-state index contributed by atoms with van der Waals surface area (Å²) in [4.78, 5) is 2.10. The maximum atomic E-state index is 10.2. The molecule has 118 valence electrons. The molecule has 1 aliphatic rings. The molecule has 0 saturated heterocycles. The molecule has 0 amide bonds. The predicted molar refractivity (Wildman–Crippen MR) is 86.8 cm³/mol. The minimum atomic E-state index is -0.614. The van der Waals surface area contributed by atoms with E-state index < -0.39 is 6.10 Å². The van der Waals surface area contributed by atoms with Crippen molar-refractivity contribution in [3.8, 4) is 17.6 Å². The lowest BCUT2D eigenvalue weighted by atomic mass is 10.2. The van der Waals surface area contributed by atoms with E-state index in [-0.39, 0.29) is 6.61 Å². The molecule has 1 N–H and O–H groups in total. The van der Waals surface area contributed by atoms with Crippen LogP contribution in [0, 0.1) is 11.3 Å². The van der Waals surface area contributed by atoms with Crippen molar-refractivity contribution in [2.24, 2.45) is 0 Å². The van der Waals surface area contributed by atoms with Crippen LogP contribution in [-0.4, -0.2) is 37.5 Å². The van der Waals surface area contributed by atoms with Crippen LogP contribution >= 0.6 is 0 Å². The first-order valence-corrected chi connectivity index (χ1v) is 7.54. The van der Waals surface area contributed by atoms with E-state index >= 15 is 0 Å². The standard InChI is InChI=1S/C18H18N2O3/c19-11-14-5-7-16(8-6-14)23-13-15(21)12-20-9-10-22-18-4-2-1-3-17(18)20/h1-8,15,21H,9-10,12-13H2. The third-order valence-corrected chi connectivity index (χ3v) is 3.68. The fraction of sp³-hybridized carbons (Fsp3) is 0.278. The largest absolute Gasteiger partial charge is 0.491 e. The van der Waals surface area contributed by atoms with Gasteiger partial charge in [-0.3, -0.25) is 0 Å². The topological polar surface area (TPSA) is 65.7 Å². The average molecular weight is 310 g/mol. The van der Waals surface area contributed by atoms with E-state index in [0.29, 0.717) is 24.5 Å². The molecule has 2 aromatic carbocycles. The van der Waals surface area contributed by atoms with Crippen LogP contribution in [0.2, 0.25) is 0 Å². The fourth-order valence-corrected chi connectivity index (χ4v) is 2.54. The van der Waals surface area contributed by atoms with Crippen LogP contribution in [0.4, 0.5) is 5.69 Å². The van der Waals surface area contributed by atoms with Gasteiger partial charge in [0.1, 0.15) is 30.8 Å².